The van der Waals surface area contributed by atoms with Gasteiger partial charge < -0.3 is 10.4 Å². The Bertz CT molecular complexity index is 917. The van der Waals surface area contributed by atoms with E-state index in [1.165, 1.54) is 10.9 Å². The highest BCUT2D eigenvalue weighted by molar-refractivity contribution is 5.94. The first-order valence-electron chi connectivity index (χ1n) is 7.66. The molecule has 0 aliphatic rings. The molecule has 0 aliphatic carbocycles. The summed E-state index contributed by atoms with van der Waals surface area (Å²) in [6.45, 7) is 0.461. The molecule has 2 N–H and O–H groups in total. The number of hydrogen-bond acceptors (Lipinski definition) is 4. The molecule has 24 heavy (non-hydrogen) atoms. The summed E-state index contributed by atoms with van der Waals surface area (Å²) in [6, 6.07) is 13.9. The summed E-state index contributed by atoms with van der Waals surface area (Å²) >= 11 is 0. The van der Waals surface area contributed by atoms with Crippen LogP contribution >= 0.6 is 0 Å². The molecule has 1 heterocycles. The fraction of sp³-hybridized carbons (Fsp3) is 0.167. The number of aliphatic hydroxyl groups is 1. The third-order valence-corrected chi connectivity index (χ3v) is 3.69. The summed E-state index contributed by atoms with van der Waals surface area (Å²) in [7, 11) is 0. The van der Waals surface area contributed by atoms with Crippen LogP contribution in [0.15, 0.2) is 59.7 Å². The average molecular weight is 323 g/mol. The fourth-order valence-corrected chi connectivity index (χ4v) is 2.41. The SMILES string of the molecule is O=C(NCCCO)c1ccc(-n2cnc3ccccc3c2=O)cc1. The van der Waals surface area contributed by atoms with Crippen molar-refractivity contribution in [3.05, 3.63) is 70.8 Å². The van der Waals surface area contributed by atoms with Gasteiger partial charge in [0.25, 0.3) is 11.5 Å². The Kier molecular flexibility index (Phi) is 4.67. The number of carbonyl (C=O) groups is 1. The Balaban J connectivity index is 1.87. The molecule has 2 aromatic carbocycles. The van der Waals surface area contributed by atoms with Crippen LogP contribution in [0.5, 0.6) is 0 Å². The van der Waals surface area contributed by atoms with Crippen molar-refractivity contribution in [2.24, 2.45) is 0 Å². The van der Waals surface area contributed by atoms with Gasteiger partial charge in [0.05, 0.1) is 16.6 Å². The molecule has 0 atom stereocenters. The maximum absolute atomic E-state index is 12.5. The predicted molar refractivity (Wildman–Crippen MR) is 91.4 cm³/mol. The van der Waals surface area contributed by atoms with Crippen LogP contribution in [0, 0.1) is 0 Å². The zero-order chi connectivity index (χ0) is 16.9. The minimum atomic E-state index is -0.209. The molecule has 0 bridgehead atoms. The van der Waals surface area contributed by atoms with Crippen molar-refractivity contribution in [3.63, 3.8) is 0 Å². The molecule has 0 aliphatic heterocycles. The molecule has 122 valence electrons. The first kappa shape index (κ1) is 15.9. The highest BCUT2D eigenvalue weighted by Gasteiger charge is 2.08. The van der Waals surface area contributed by atoms with E-state index in [-0.39, 0.29) is 18.1 Å². The van der Waals surface area contributed by atoms with E-state index >= 15 is 0 Å². The number of benzene rings is 2. The van der Waals surface area contributed by atoms with Crippen LogP contribution in [0.25, 0.3) is 16.6 Å². The van der Waals surface area contributed by atoms with Crippen LogP contribution in [0.1, 0.15) is 16.8 Å². The molecule has 1 aromatic heterocycles. The molecular weight excluding hydrogens is 306 g/mol. The third-order valence-electron chi connectivity index (χ3n) is 3.69. The minimum absolute atomic E-state index is 0.0388. The summed E-state index contributed by atoms with van der Waals surface area (Å²) in [5.41, 5.74) is 1.64. The van der Waals surface area contributed by atoms with Gasteiger partial charge in [-0.2, -0.15) is 0 Å². The number of aromatic nitrogens is 2. The van der Waals surface area contributed by atoms with Gasteiger partial charge in [-0.15, -0.1) is 0 Å². The zero-order valence-corrected chi connectivity index (χ0v) is 13.0. The molecule has 0 saturated carbocycles. The monoisotopic (exact) mass is 323 g/mol. The molecule has 0 fully saturated rings. The number of aliphatic hydroxyl groups excluding tert-OH is 1. The second-order valence-corrected chi connectivity index (χ2v) is 5.32. The van der Waals surface area contributed by atoms with Crippen molar-refractivity contribution in [3.8, 4) is 5.69 Å². The van der Waals surface area contributed by atoms with Crippen LogP contribution in [0.3, 0.4) is 0 Å². The summed E-state index contributed by atoms with van der Waals surface area (Å²) < 4.78 is 1.45. The summed E-state index contributed by atoms with van der Waals surface area (Å²) in [5, 5.41) is 12.0. The third kappa shape index (κ3) is 3.18. The van der Waals surface area contributed by atoms with Crippen molar-refractivity contribution in [2.75, 3.05) is 13.2 Å². The molecule has 0 saturated heterocycles. The van der Waals surface area contributed by atoms with Crippen molar-refractivity contribution in [2.45, 2.75) is 6.42 Å². The number of nitrogens with one attached hydrogen (secondary N) is 1. The number of carbonyl (C=O) groups excluding carboxylic acids is 1. The van der Waals surface area contributed by atoms with Crippen molar-refractivity contribution >= 4 is 16.8 Å². The Hall–Kier alpha value is -2.99. The smallest absolute Gasteiger partial charge is 0.265 e. The Labute approximate surface area is 138 Å². The van der Waals surface area contributed by atoms with Gasteiger partial charge in [0.15, 0.2) is 0 Å². The lowest BCUT2D eigenvalue weighted by Gasteiger charge is -2.08. The second kappa shape index (κ2) is 7.06. The second-order valence-electron chi connectivity index (χ2n) is 5.32. The molecular formula is C18H17N3O3. The molecule has 3 rings (SSSR count). The lowest BCUT2D eigenvalue weighted by atomic mass is 10.2. The van der Waals surface area contributed by atoms with Gasteiger partial charge in [-0.3, -0.25) is 14.2 Å². The Morgan fingerprint density at radius 1 is 1.12 bits per heavy atom. The van der Waals surface area contributed by atoms with E-state index in [2.05, 4.69) is 10.3 Å². The van der Waals surface area contributed by atoms with E-state index in [9.17, 15) is 9.59 Å². The van der Waals surface area contributed by atoms with Gasteiger partial charge >= 0.3 is 0 Å². The molecule has 0 spiro atoms. The quantitative estimate of drug-likeness (QED) is 0.697. The van der Waals surface area contributed by atoms with Gasteiger partial charge in [-0.25, -0.2) is 4.98 Å². The largest absolute Gasteiger partial charge is 0.396 e. The van der Waals surface area contributed by atoms with Crippen LogP contribution in [0.2, 0.25) is 0 Å². The minimum Gasteiger partial charge on any atom is -0.396 e. The van der Waals surface area contributed by atoms with E-state index in [1.807, 2.05) is 6.07 Å². The standard InChI is InChI=1S/C18H17N3O3/c22-11-3-10-19-17(23)13-6-8-14(9-7-13)21-12-20-16-5-2-1-4-15(16)18(21)24/h1-2,4-9,12,22H,3,10-11H2,(H,19,23). The number of para-hydroxylation sites is 1. The van der Waals surface area contributed by atoms with Crippen LogP contribution in [0.4, 0.5) is 0 Å². The van der Waals surface area contributed by atoms with E-state index < -0.39 is 0 Å². The van der Waals surface area contributed by atoms with Gasteiger partial charge in [-0.1, -0.05) is 12.1 Å². The lowest BCUT2D eigenvalue weighted by Crippen LogP contribution is -2.25. The van der Waals surface area contributed by atoms with Gasteiger partial charge in [0, 0.05) is 18.7 Å². The van der Waals surface area contributed by atoms with Crippen LogP contribution in [-0.2, 0) is 0 Å². The number of hydrogen-bond donors (Lipinski definition) is 2. The Morgan fingerprint density at radius 2 is 1.88 bits per heavy atom. The fourth-order valence-electron chi connectivity index (χ4n) is 2.41. The van der Waals surface area contributed by atoms with Crippen LogP contribution in [-0.4, -0.2) is 33.7 Å². The van der Waals surface area contributed by atoms with Crippen LogP contribution < -0.4 is 10.9 Å². The molecule has 1 amide bonds. The number of fused-ring (bicyclic) bond motifs is 1. The topological polar surface area (TPSA) is 84.2 Å². The van der Waals surface area contributed by atoms with Crippen molar-refractivity contribution in [1.29, 1.82) is 0 Å². The first-order valence-corrected chi connectivity index (χ1v) is 7.66. The molecule has 0 radical (unpaired) electrons. The highest BCUT2D eigenvalue weighted by Crippen LogP contribution is 2.10. The van der Waals surface area contributed by atoms with Crippen molar-refractivity contribution < 1.29 is 9.90 Å². The normalized spacial score (nSPS) is 10.7. The number of nitrogens with zero attached hydrogens (tertiary/aromatic N) is 2. The van der Waals surface area contributed by atoms with E-state index in [4.69, 9.17) is 5.11 Å². The number of rotatable bonds is 5. The summed E-state index contributed by atoms with van der Waals surface area (Å²) in [5.74, 6) is -0.209. The van der Waals surface area contributed by atoms with E-state index in [1.54, 1.807) is 42.5 Å². The molecule has 3 aromatic rings. The Morgan fingerprint density at radius 3 is 2.62 bits per heavy atom. The van der Waals surface area contributed by atoms with Gasteiger partial charge in [0.1, 0.15) is 6.33 Å². The maximum Gasteiger partial charge on any atom is 0.265 e. The number of amides is 1. The molecule has 0 unspecified atom stereocenters. The van der Waals surface area contributed by atoms with Gasteiger partial charge in [-0.05, 0) is 42.8 Å². The molecule has 6 nitrogen and oxygen atoms in total. The predicted octanol–water partition coefficient (Wildman–Crippen LogP) is 1.50. The lowest BCUT2D eigenvalue weighted by molar-refractivity contribution is 0.0951. The zero-order valence-electron chi connectivity index (χ0n) is 13.0. The molecule has 6 heteroatoms. The van der Waals surface area contributed by atoms with E-state index in [0.717, 1.165) is 0 Å². The van der Waals surface area contributed by atoms with E-state index in [0.29, 0.717) is 35.1 Å². The van der Waals surface area contributed by atoms with Crippen molar-refractivity contribution in [1.82, 2.24) is 14.9 Å². The first-order chi connectivity index (χ1) is 11.7. The van der Waals surface area contributed by atoms with Gasteiger partial charge in [0.2, 0.25) is 0 Å². The highest BCUT2D eigenvalue weighted by atomic mass is 16.3. The summed E-state index contributed by atoms with van der Waals surface area (Å²) in [4.78, 5) is 28.8. The summed E-state index contributed by atoms with van der Waals surface area (Å²) in [6.07, 6.45) is 2.00. The average Bonchev–Trinajstić information content (AvgIpc) is 2.63. The maximum atomic E-state index is 12.5.